The largest absolute Gasteiger partial charge is 0.349 e. The number of carbonyl (C=O) groups excluding carboxylic acids is 1. The Kier molecular flexibility index (Phi) is 4.58. The highest BCUT2D eigenvalue weighted by molar-refractivity contribution is 5.76. The van der Waals surface area contributed by atoms with Crippen LogP contribution < -0.4 is 10.6 Å². The Morgan fingerprint density at radius 2 is 2.26 bits per heavy atom. The Bertz CT molecular complexity index is 435. The fraction of sp³-hybridized carbons (Fsp3) is 0.714. The third-order valence-electron chi connectivity index (χ3n) is 4.05. The van der Waals surface area contributed by atoms with Crippen molar-refractivity contribution in [2.75, 3.05) is 13.1 Å². The van der Waals surface area contributed by atoms with Gasteiger partial charge in [-0.1, -0.05) is 0 Å². The van der Waals surface area contributed by atoms with E-state index in [1.165, 1.54) is 0 Å². The number of aryl methyl sites for hydroxylation is 1. The molecule has 1 aliphatic heterocycles. The molecule has 2 N–H and O–H groups in total. The number of hydrogen-bond donors (Lipinski definition) is 2. The first-order valence-corrected chi connectivity index (χ1v) is 7.06. The Morgan fingerprint density at radius 1 is 1.58 bits per heavy atom. The predicted molar refractivity (Wildman–Crippen MR) is 74.7 cm³/mol. The van der Waals surface area contributed by atoms with Gasteiger partial charge in [-0.2, -0.15) is 5.10 Å². The highest BCUT2D eigenvalue weighted by Gasteiger charge is 2.19. The summed E-state index contributed by atoms with van der Waals surface area (Å²) in [6.45, 7) is 6.12. The second kappa shape index (κ2) is 6.19. The van der Waals surface area contributed by atoms with E-state index in [1.807, 2.05) is 31.8 Å². The number of hydrogen-bond acceptors (Lipinski definition) is 3. The van der Waals surface area contributed by atoms with Crippen LogP contribution in [0.15, 0.2) is 6.20 Å². The summed E-state index contributed by atoms with van der Waals surface area (Å²) in [7, 11) is 1.92. The van der Waals surface area contributed by atoms with E-state index in [1.54, 1.807) is 0 Å². The predicted octanol–water partition coefficient (Wildman–Crippen LogP) is 1.30. The van der Waals surface area contributed by atoms with Crippen LogP contribution >= 0.6 is 0 Å². The molecule has 0 aliphatic carbocycles. The van der Waals surface area contributed by atoms with Gasteiger partial charge in [0.15, 0.2) is 0 Å². The number of amides is 1. The van der Waals surface area contributed by atoms with Gasteiger partial charge in [0.1, 0.15) is 0 Å². The number of rotatable bonds is 4. The maximum atomic E-state index is 12.1. The van der Waals surface area contributed by atoms with Gasteiger partial charge in [0.05, 0.1) is 12.2 Å². The van der Waals surface area contributed by atoms with Gasteiger partial charge < -0.3 is 10.6 Å². The molecule has 1 aromatic rings. The van der Waals surface area contributed by atoms with E-state index in [2.05, 4.69) is 15.7 Å². The van der Waals surface area contributed by atoms with Gasteiger partial charge >= 0.3 is 0 Å². The van der Waals surface area contributed by atoms with E-state index in [-0.39, 0.29) is 11.9 Å². The minimum atomic E-state index is 0.0305. The van der Waals surface area contributed by atoms with Gasteiger partial charge in [-0.15, -0.1) is 0 Å². The number of aromatic nitrogens is 2. The molecule has 0 saturated carbocycles. The van der Waals surface area contributed by atoms with Gasteiger partial charge in [0, 0.05) is 24.7 Å². The lowest BCUT2D eigenvalue weighted by Crippen LogP contribution is -2.33. The summed E-state index contributed by atoms with van der Waals surface area (Å²) in [5.41, 5.74) is 2.20. The third-order valence-corrected chi connectivity index (χ3v) is 4.05. The number of carbonyl (C=O) groups is 1. The molecule has 1 unspecified atom stereocenters. The second-order valence-corrected chi connectivity index (χ2v) is 5.50. The molecule has 1 amide bonds. The Labute approximate surface area is 114 Å². The monoisotopic (exact) mass is 264 g/mol. The molecular formula is C14H24N4O. The molecule has 2 rings (SSSR count). The van der Waals surface area contributed by atoms with Crippen LogP contribution in [0.1, 0.15) is 43.5 Å². The average molecular weight is 264 g/mol. The molecule has 0 radical (unpaired) electrons. The van der Waals surface area contributed by atoms with Crippen molar-refractivity contribution in [3.8, 4) is 0 Å². The van der Waals surface area contributed by atoms with Crippen molar-refractivity contribution in [2.24, 2.45) is 13.0 Å². The maximum absolute atomic E-state index is 12.1. The maximum Gasteiger partial charge on any atom is 0.220 e. The third kappa shape index (κ3) is 3.56. The van der Waals surface area contributed by atoms with Crippen LogP contribution in [0.25, 0.3) is 0 Å². The minimum Gasteiger partial charge on any atom is -0.349 e. The average Bonchev–Trinajstić information content (AvgIpc) is 2.71. The molecule has 106 valence electrons. The summed E-state index contributed by atoms with van der Waals surface area (Å²) < 4.78 is 1.84. The smallest absolute Gasteiger partial charge is 0.220 e. The minimum absolute atomic E-state index is 0.0305. The standard InChI is InChI=1S/C14H24N4O/c1-10(13-9-16-18(3)11(13)2)17-14(19)8-12-4-6-15-7-5-12/h9-10,12,15H,4-8H2,1-3H3,(H,17,19). The summed E-state index contributed by atoms with van der Waals surface area (Å²) in [6.07, 6.45) is 4.69. The van der Waals surface area contributed by atoms with Crippen LogP contribution in [0.5, 0.6) is 0 Å². The van der Waals surface area contributed by atoms with E-state index in [9.17, 15) is 4.79 Å². The molecule has 5 nitrogen and oxygen atoms in total. The first-order chi connectivity index (χ1) is 9.08. The van der Waals surface area contributed by atoms with Gasteiger partial charge in [0.25, 0.3) is 0 Å². The van der Waals surface area contributed by atoms with Gasteiger partial charge in [-0.05, 0) is 45.7 Å². The van der Waals surface area contributed by atoms with E-state index in [4.69, 9.17) is 0 Å². The van der Waals surface area contributed by atoms with Gasteiger partial charge in [-0.3, -0.25) is 9.48 Å². The summed E-state index contributed by atoms with van der Waals surface area (Å²) in [4.78, 5) is 12.1. The van der Waals surface area contributed by atoms with Crippen LogP contribution in [-0.4, -0.2) is 28.8 Å². The molecule has 1 atom stereocenters. The Balaban J connectivity index is 1.86. The van der Waals surface area contributed by atoms with Crippen LogP contribution in [0.2, 0.25) is 0 Å². The topological polar surface area (TPSA) is 59.0 Å². The van der Waals surface area contributed by atoms with Crippen molar-refractivity contribution in [3.63, 3.8) is 0 Å². The molecule has 0 spiro atoms. The van der Waals surface area contributed by atoms with Crippen LogP contribution in [-0.2, 0) is 11.8 Å². The second-order valence-electron chi connectivity index (χ2n) is 5.50. The molecule has 1 saturated heterocycles. The lowest BCUT2D eigenvalue weighted by atomic mass is 9.94. The van der Waals surface area contributed by atoms with E-state index < -0.39 is 0 Å². The summed E-state index contributed by atoms with van der Waals surface area (Å²) >= 11 is 0. The Hall–Kier alpha value is -1.36. The van der Waals surface area contributed by atoms with Crippen molar-refractivity contribution < 1.29 is 4.79 Å². The number of nitrogens with zero attached hydrogens (tertiary/aromatic N) is 2. The Morgan fingerprint density at radius 3 is 2.84 bits per heavy atom. The molecular weight excluding hydrogens is 240 g/mol. The summed E-state index contributed by atoms with van der Waals surface area (Å²) in [5, 5.41) is 10.6. The van der Waals surface area contributed by atoms with Crippen LogP contribution in [0, 0.1) is 12.8 Å². The van der Waals surface area contributed by atoms with Crippen molar-refractivity contribution in [1.82, 2.24) is 20.4 Å². The van der Waals surface area contributed by atoms with Crippen molar-refractivity contribution in [3.05, 3.63) is 17.5 Å². The fourth-order valence-electron chi connectivity index (χ4n) is 2.67. The lowest BCUT2D eigenvalue weighted by Gasteiger charge is -2.23. The van der Waals surface area contributed by atoms with E-state index in [0.29, 0.717) is 12.3 Å². The highest BCUT2D eigenvalue weighted by Crippen LogP contribution is 2.19. The van der Waals surface area contributed by atoms with Crippen molar-refractivity contribution in [1.29, 1.82) is 0 Å². The quantitative estimate of drug-likeness (QED) is 0.861. The van der Waals surface area contributed by atoms with Gasteiger partial charge in [0.2, 0.25) is 5.91 Å². The molecule has 0 aromatic carbocycles. The fourth-order valence-corrected chi connectivity index (χ4v) is 2.67. The molecule has 1 aliphatic rings. The van der Waals surface area contributed by atoms with Gasteiger partial charge in [-0.25, -0.2) is 0 Å². The molecule has 2 heterocycles. The first-order valence-electron chi connectivity index (χ1n) is 7.06. The van der Waals surface area contributed by atoms with E-state index >= 15 is 0 Å². The highest BCUT2D eigenvalue weighted by atomic mass is 16.1. The SMILES string of the molecule is Cc1c(C(C)NC(=O)CC2CCNCC2)cnn1C. The lowest BCUT2D eigenvalue weighted by molar-refractivity contribution is -0.122. The summed E-state index contributed by atoms with van der Waals surface area (Å²) in [5.74, 6) is 0.686. The normalized spacial score (nSPS) is 18.3. The zero-order chi connectivity index (χ0) is 13.8. The van der Waals surface area contributed by atoms with Crippen LogP contribution in [0.4, 0.5) is 0 Å². The van der Waals surface area contributed by atoms with Crippen molar-refractivity contribution >= 4 is 5.91 Å². The molecule has 5 heteroatoms. The molecule has 1 fully saturated rings. The van der Waals surface area contributed by atoms with E-state index in [0.717, 1.165) is 37.2 Å². The first kappa shape index (κ1) is 14.1. The molecule has 1 aromatic heterocycles. The molecule has 19 heavy (non-hydrogen) atoms. The van der Waals surface area contributed by atoms with Crippen LogP contribution in [0.3, 0.4) is 0 Å². The number of nitrogens with one attached hydrogen (secondary N) is 2. The molecule has 0 bridgehead atoms. The zero-order valence-corrected chi connectivity index (χ0v) is 12.1. The van der Waals surface area contributed by atoms with Crippen molar-refractivity contribution in [2.45, 2.75) is 39.2 Å². The number of piperidine rings is 1. The zero-order valence-electron chi connectivity index (χ0n) is 12.1. The summed E-state index contributed by atoms with van der Waals surface area (Å²) in [6, 6.07) is 0.0305.